The van der Waals surface area contributed by atoms with Crippen LogP contribution >= 0.6 is 0 Å². The van der Waals surface area contributed by atoms with Gasteiger partial charge in [0.25, 0.3) is 5.91 Å². The molecule has 1 saturated heterocycles. The molecule has 0 unspecified atom stereocenters. The van der Waals surface area contributed by atoms with Gasteiger partial charge in [0.15, 0.2) is 0 Å². The summed E-state index contributed by atoms with van der Waals surface area (Å²) >= 11 is 0. The second-order valence-corrected chi connectivity index (χ2v) is 7.12. The molecule has 3 heterocycles. The van der Waals surface area contributed by atoms with E-state index in [1.807, 2.05) is 38.0 Å². The molecule has 2 aromatic rings. The number of nitrogens with zero attached hydrogens (tertiary/aromatic N) is 6. The smallest absolute Gasteiger partial charge is 0.291 e. The number of rotatable bonds is 5. The van der Waals surface area contributed by atoms with E-state index in [2.05, 4.69) is 25.3 Å². The molecule has 2 aromatic heterocycles. The molecule has 0 bridgehead atoms. The van der Waals surface area contributed by atoms with Crippen molar-refractivity contribution in [3.63, 3.8) is 0 Å². The van der Waals surface area contributed by atoms with Crippen LogP contribution in [0.5, 0.6) is 0 Å². The highest BCUT2D eigenvalue weighted by atomic mass is 16.2. The Morgan fingerprint density at radius 2 is 2.12 bits per heavy atom. The van der Waals surface area contributed by atoms with E-state index in [1.165, 1.54) is 10.5 Å². The van der Waals surface area contributed by atoms with Crippen molar-refractivity contribution in [1.29, 1.82) is 0 Å². The van der Waals surface area contributed by atoms with E-state index in [1.54, 1.807) is 14.1 Å². The Balaban J connectivity index is 1.70. The van der Waals surface area contributed by atoms with Crippen LogP contribution in [-0.4, -0.2) is 63.8 Å². The minimum Gasteiger partial charge on any atom is -0.355 e. The summed E-state index contributed by atoms with van der Waals surface area (Å²) < 4.78 is 1.81. The van der Waals surface area contributed by atoms with Crippen LogP contribution in [0.4, 0.5) is 5.82 Å². The van der Waals surface area contributed by atoms with Gasteiger partial charge in [-0.25, -0.2) is 9.97 Å². The van der Waals surface area contributed by atoms with Gasteiger partial charge in [-0.1, -0.05) is 0 Å². The number of carbonyl (C=O) groups excluding carboxylic acids is 1. The van der Waals surface area contributed by atoms with E-state index < -0.39 is 0 Å². The summed E-state index contributed by atoms with van der Waals surface area (Å²) in [6.07, 6.45) is 4.95. The number of amides is 1. The van der Waals surface area contributed by atoms with E-state index >= 15 is 0 Å². The van der Waals surface area contributed by atoms with Gasteiger partial charge in [-0.05, 0) is 20.3 Å². The number of nitrogens with one attached hydrogen (secondary N) is 1. The van der Waals surface area contributed by atoms with Crippen LogP contribution in [-0.2, 0) is 13.6 Å². The van der Waals surface area contributed by atoms with Gasteiger partial charge in [-0.2, -0.15) is 5.10 Å². The van der Waals surface area contributed by atoms with Gasteiger partial charge >= 0.3 is 0 Å². The normalized spacial score (nSPS) is 17.0. The molecule has 0 saturated carbocycles. The molecule has 1 amide bonds. The molecule has 8 nitrogen and oxygen atoms in total. The molecular weight excluding hydrogens is 330 g/mol. The Bertz CT molecular complexity index is 799. The molecule has 0 aliphatic carbocycles. The molecule has 8 heteroatoms. The lowest BCUT2D eigenvalue weighted by Gasteiger charge is -2.22. The van der Waals surface area contributed by atoms with Crippen molar-refractivity contribution >= 4 is 11.7 Å². The van der Waals surface area contributed by atoms with Crippen LogP contribution in [0.25, 0.3) is 0 Å². The highest BCUT2D eigenvalue weighted by Gasteiger charge is 2.26. The highest BCUT2D eigenvalue weighted by Crippen LogP contribution is 2.24. The molecule has 3 rings (SSSR count). The predicted octanol–water partition coefficient (Wildman–Crippen LogP) is 0.897. The summed E-state index contributed by atoms with van der Waals surface area (Å²) in [6, 6.07) is 0.387. The van der Waals surface area contributed by atoms with Crippen molar-refractivity contribution in [3.05, 3.63) is 35.0 Å². The summed E-state index contributed by atoms with van der Waals surface area (Å²) in [7, 11) is 5.36. The number of aryl methyl sites for hydroxylation is 2. The zero-order valence-corrected chi connectivity index (χ0v) is 16.2. The molecular formula is C18H27N7O. The predicted molar refractivity (Wildman–Crippen MR) is 100 cm³/mol. The largest absolute Gasteiger partial charge is 0.355 e. The molecule has 0 spiro atoms. The lowest BCUT2D eigenvalue weighted by Crippen LogP contribution is -2.33. The van der Waals surface area contributed by atoms with Crippen LogP contribution < -0.4 is 10.2 Å². The second-order valence-electron chi connectivity index (χ2n) is 7.12. The molecule has 1 aliphatic heterocycles. The van der Waals surface area contributed by atoms with Crippen molar-refractivity contribution < 1.29 is 4.79 Å². The van der Waals surface area contributed by atoms with E-state index in [-0.39, 0.29) is 11.7 Å². The Kier molecular flexibility index (Phi) is 5.22. The first kappa shape index (κ1) is 18.3. The number of carbonyl (C=O) groups is 1. The minimum absolute atomic E-state index is 0.167. The van der Waals surface area contributed by atoms with Crippen molar-refractivity contribution in [1.82, 2.24) is 30.0 Å². The molecule has 1 aliphatic rings. The standard InChI is InChI=1S/C18H27N7O/c1-12-13(2)21-16(18(26)23(3)4)22-17(12)25-7-6-15(11-25)19-8-14-9-20-24(5)10-14/h9-10,15,19H,6-8,11H2,1-5H3/t15-/m1/s1. The number of anilines is 1. The minimum atomic E-state index is -0.167. The van der Waals surface area contributed by atoms with Gasteiger partial charge in [0.2, 0.25) is 5.82 Å². The fourth-order valence-electron chi connectivity index (χ4n) is 3.16. The van der Waals surface area contributed by atoms with Crippen LogP contribution in [0, 0.1) is 13.8 Å². The van der Waals surface area contributed by atoms with E-state index in [0.29, 0.717) is 6.04 Å². The van der Waals surface area contributed by atoms with Crippen molar-refractivity contribution in [2.45, 2.75) is 32.9 Å². The number of hydrogen-bond acceptors (Lipinski definition) is 6. The second kappa shape index (κ2) is 7.41. The molecule has 1 N–H and O–H groups in total. The zero-order valence-electron chi connectivity index (χ0n) is 16.2. The lowest BCUT2D eigenvalue weighted by molar-refractivity contribution is 0.0815. The molecule has 1 fully saturated rings. The van der Waals surface area contributed by atoms with Crippen LogP contribution in [0.15, 0.2) is 12.4 Å². The van der Waals surface area contributed by atoms with Gasteiger partial charge in [0, 0.05) is 69.8 Å². The Hall–Kier alpha value is -2.48. The first-order valence-corrected chi connectivity index (χ1v) is 8.88. The fourth-order valence-corrected chi connectivity index (χ4v) is 3.16. The van der Waals surface area contributed by atoms with Gasteiger partial charge in [-0.3, -0.25) is 9.48 Å². The molecule has 26 heavy (non-hydrogen) atoms. The summed E-state index contributed by atoms with van der Waals surface area (Å²) in [5.74, 6) is 0.966. The third-order valence-corrected chi connectivity index (χ3v) is 4.80. The maximum Gasteiger partial charge on any atom is 0.291 e. The Morgan fingerprint density at radius 3 is 2.77 bits per heavy atom. The number of aromatic nitrogens is 4. The summed E-state index contributed by atoms with van der Waals surface area (Å²) in [4.78, 5) is 25.0. The Labute approximate surface area is 154 Å². The van der Waals surface area contributed by atoms with E-state index in [4.69, 9.17) is 0 Å². The van der Waals surface area contributed by atoms with Gasteiger partial charge in [0.1, 0.15) is 5.82 Å². The van der Waals surface area contributed by atoms with E-state index in [9.17, 15) is 4.79 Å². The van der Waals surface area contributed by atoms with Crippen LogP contribution in [0.3, 0.4) is 0 Å². The average Bonchev–Trinajstić information content (AvgIpc) is 3.23. The number of hydrogen-bond donors (Lipinski definition) is 1. The fraction of sp³-hybridized carbons (Fsp3) is 0.556. The first-order valence-electron chi connectivity index (χ1n) is 8.88. The summed E-state index contributed by atoms with van der Waals surface area (Å²) in [5, 5.41) is 7.79. The monoisotopic (exact) mass is 357 g/mol. The topological polar surface area (TPSA) is 79.2 Å². The van der Waals surface area contributed by atoms with Crippen molar-refractivity contribution in [2.24, 2.45) is 7.05 Å². The van der Waals surface area contributed by atoms with Crippen LogP contribution in [0.2, 0.25) is 0 Å². The maximum absolute atomic E-state index is 12.3. The molecule has 0 radical (unpaired) electrons. The van der Waals surface area contributed by atoms with Gasteiger partial charge < -0.3 is 15.1 Å². The molecule has 1 atom stereocenters. The van der Waals surface area contributed by atoms with Gasteiger partial charge in [0.05, 0.1) is 6.20 Å². The summed E-state index contributed by atoms with van der Waals surface area (Å²) in [6.45, 7) is 6.54. The lowest BCUT2D eigenvalue weighted by atomic mass is 10.2. The summed E-state index contributed by atoms with van der Waals surface area (Å²) in [5.41, 5.74) is 3.07. The first-order chi connectivity index (χ1) is 12.3. The third-order valence-electron chi connectivity index (χ3n) is 4.80. The molecule has 140 valence electrons. The maximum atomic E-state index is 12.3. The quantitative estimate of drug-likeness (QED) is 0.856. The average molecular weight is 357 g/mol. The van der Waals surface area contributed by atoms with E-state index in [0.717, 1.165) is 43.1 Å². The SMILES string of the molecule is Cc1nc(C(=O)N(C)C)nc(N2CC[C@@H](NCc3cnn(C)c3)C2)c1C. The van der Waals surface area contributed by atoms with Crippen molar-refractivity contribution in [3.8, 4) is 0 Å². The zero-order chi connectivity index (χ0) is 18.8. The molecule has 0 aromatic carbocycles. The van der Waals surface area contributed by atoms with Crippen LogP contribution in [0.1, 0.15) is 33.9 Å². The highest BCUT2D eigenvalue weighted by molar-refractivity contribution is 5.90. The van der Waals surface area contributed by atoms with Crippen molar-refractivity contribution in [2.75, 3.05) is 32.1 Å². The van der Waals surface area contributed by atoms with Gasteiger partial charge in [-0.15, -0.1) is 0 Å². The Morgan fingerprint density at radius 1 is 1.35 bits per heavy atom. The third kappa shape index (κ3) is 3.85.